The molecule has 12 nitrogen and oxygen atoms in total. The summed E-state index contributed by atoms with van der Waals surface area (Å²) in [5, 5.41) is 17.2. The Morgan fingerprint density at radius 1 is 1.07 bits per heavy atom. The highest BCUT2D eigenvalue weighted by molar-refractivity contribution is 5.95. The number of rotatable bonds is 7. The van der Waals surface area contributed by atoms with E-state index in [1.807, 2.05) is 37.1 Å². The summed E-state index contributed by atoms with van der Waals surface area (Å²) in [5.41, 5.74) is 1.41. The molecule has 1 saturated carbocycles. The lowest BCUT2D eigenvalue weighted by Crippen LogP contribution is -2.82. The summed E-state index contributed by atoms with van der Waals surface area (Å²) in [5.74, 6) is -0.996. The second-order valence-corrected chi connectivity index (χ2v) is 17.6. The first kappa shape index (κ1) is 41.4. The number of carbonyl (C=O) groups is 3. The highest BCUT2D eigenvalue weighted by atomic mass is 35.5. The van der Waals surface area contributed by atoms with Crippen molar-refractivity contribution >= 4 is 46.8 Å². The minimum Gasteiger partial charge on any atom is -0.496 e. The van der Waals surface area contributed by atoms with Crippen molar-refractivity contribution in [3.63, 3.8) is 0 Å². The number of nitrogens with zero attached hydrogens (tertiary/aromatic N) is 3. The predicted molar refractivity (Wildman–Crippen MR) is 228 cm³/mol. The molecule has 6 aliphatic rings. The minimum absolute atomic E-state index is 0. The molecule has 9 atom stereocenters. The summed E-state index contributed by atoms with van der Waals surface area (Å²) in [6.07, 6.45) is 8.63. The van der Waals surface area contributed by atoms with Gasteiger partial charge in [0.05, 0.1) is 20.3 Å². The number of esters is 2. The molecule has 3 N–H and O–H groups in total. The molecule has 1 saturated heterocycles. The molecule has 3 aromatic rings. The van der Waals surface area contributed by atoms with Crippen LogP contribution in [0.2, 0.25) is 0 Å². The number of ether oxygens (including phenoxy) is 3. The van der Waals surface area contributed by atoms with Crippen LogP contribution < -0.4 is 15.0 Å². The number of amides is 1. The van der Waals surface area contributed by atoms with Crippen LogP contribution in [0.3, 0.4) is 0 Å². The van der Waals surface area contributed by atoms with Crippen molar-refractivity contribution in [2.45, 2.75) is 87.5 Å². The molecule has 1 unspecified atom stereocenters. The molecule has 2 fully saturated rings. The summed E-state index contributed by atoms with van der Waals surface area (Å²) in [6, 6.07) is 11.3. The molecule has 1 aliphatic carbocycles. The zero-order valence-corrected chi connectivity index (χ0v) is 36.0. The number of aromatic amines is 1. The van der Waals surface area contributed by atoms with Gasteiger partial charge in [0.15, 0.2) is 6.10 Å². The van der Waals surface area contributed by atoms with Gasteiger partial charge in [0.2, 0.25) is 5.60 Å². The van der Waals surface area contributed by atoms with Crippen LogP contribution in [0, 0.1) is 11.3 Å². The van der Waals surface area contributed by atoms with E-state index in [1.54, 1.807) is 7.11 Å². The van der Waals surface area contributed by atoms with Gasteiger partial charge in [-0.25, -0.2) is 0 Å². The molecule has 6 heterocycles. The Morgan fingerprint density at radius 2 is 1.85 bits per heavy atom. The van der Waals surface area contributed by atoms with Crippen LogP contribution in [-0.2, 0) is 41.1 Å². The van der Waals surface area contributed by atoms with Crippen LogP contribution in [0.4, 0.5) is 5.69 Å². The summed E-state index contributed by atoms with van der Waals surface area (Å²) in [4.78, 5) is 53.6. The Balaban J connectivity index is 0.00000484. The third-order valence-corrected chi connectivity index (χ3v) is 15.1. The lowest BCUT2D eigenvalue weighted by atomic mass is 9.47. The molecule has 2 bridgehead atoms. The third kappa shape index (κ3) is 5.41. The molecule has 2 aromatic carbocycles. The summed E-state index contributed by atoms with van der Waals surface area (Å²) in [7, 11) is 6.54. The predicted octanol–water partition coefficient (Wildman–Crippen LogP) is 4.79. The van der Waals surface area contributed by atoms with E-state index in [9.17, 15) is 14.7 Å². The highest BCUT2D eigenvalue weighted by Crippen LogP contribution is 2.68. The Labute approximate surface area is 352 Å². The van der Waals surface area contributed by atoms with E-state index >= 15 is 4.79 Å². The van der Waals surface area contributed by atoms with Crippen LogP contribution in [0.15, 0.2) is 60.2 Å². The minimum atomic E-state index is -2.17. The van der Waals surface area contributed by atoms with Crippen molar-refractivity contribution in [1.29, 1.82) is 0 Å². The average molecular weight is 828 g/mol. The number of H-pyrrole nitrogens is 1. The molecular weight excluding hydrogens is 770 g/mol. The maximum absolute atomic E-state index is 15.3. The first-order valence-corrected chi connectivity index (χ1v) is 21.0. The molecule has 1 aromatic heterocycles. The summed E-state index contributed by atoms with van der Waals surface area (Å²) in [6.45, 7) is 9.54. The molecule has 1 spiro atoms. The van der Waals surface area contributed by atoms with E-state index in [1.165, 1.54) is 26.7 Å². The normalized spacial score (nSPS) is 34.1. The van der Waals surface area contributed by atoms with E-state index in [4.69, 9.17) is 14.2 Å². The maximum atomic E-state index is 15.3. The van der Waals surface area contributed by atoms with Crippen molar-refractivity contribution in [3.8, 4) is 5.75 Å². The Bertz CT molecular complexity index is 2270. The lowest BCUT2D eigenvalue weighted by molar-refractivity contribution is -0.217. The molecule has 1 amide bonds. The number of hydrogen-bond donors (Lipinski definition) is 3. The number of anilines is 1. The Hall–Kier alpha value is -4.36. The second kappa shape index (κ2) is 14.7. The van der Waals surface area contributed by atoms with E-state index < -0.39 is 45.9 Å². The van der Waals surface area contributed by atoms with Gasteiger partial charge in [0.25, 0.3) is 5.91 Å². The van der Waals surface area contributed by atoms with E-state index in [2.05, 4.69) is 63.5 Å². The second-order valence-electron chi connectivity index (χ2n) is 17.6. The number of nitrogens with one attached hydrogen (secondary N) is 2. The maximum Gasteiger partial charge on any atom is 0.322 e. The third-order valence-electron chi connectivity index (χ3n) is 15.1. The van der Waals surface area contributed by atoms with Gasteiger partial charge < -0.3 is 34.5 Å². The molecule has 9 rings (SSSR count). The number of aromatic nitrogens is 1. The van der Waals surface area contributed by atoms with Crippen LogP contribution >= 0.6 is 12.4 Å². The van der Waals surface area contributed by atoms with Gasteiger partial charge in [-0.1, -0.05) is 55.8 Å². The van der Waals surface area contributed by atoms with Crippen molar-refractivity contribution in [2.75, 3.05) is 65.9 Å². The molecule has 13 heteroatoms. The molecule has 59 heavy (non-hydrogen) atoms. The fraction of sp³-hybridized carbons (Fsp3) is 0.543. The Morgan fingerprint density at radius 3 is 2.54 bits per heavy atom. The zero-order valence-electron chi connectivity index (χ0n) is 35.2. The molecule has 316 valence electrons. The monoisotopic (exact) mass is 827 g/mol. The number of halogens is 1. The molecular formula is C46H58ClN5O7. The Kier molecular flexibility index (Phi) is 10.3. The van der Waals surface area contributed by atoms with E-state index in [-0.39, 0.29) is 30.3 Å². The fourth-order valence-corrected chi connectivity index (χ4v) is 13.1. The number of methoxy groups -OCH3 is 2. The number of carbonyl (C=O) groups excluding carboxylic acids is 3. The smallest absolute Gasteiger partial charge is 0.322 e. The molecule has 0 radical (unpaired) electrons. The van der Waals surface area contributed by atoms with Gasteiger partial charge in [-0.2, -0.15) is 0 Å². The first-order valence-electron chi connectivity index (χ1n) is 21.0. The summed E-state index contributed by atoms with van der Waals surface area (Å²) >= 11 is 0. The number of likely N-dealkylation sites (N-methyl/N-ethyl adjacent to an activating group) is 2. The van der Waals surface area contributed by atoms with Crippen molar-refractivity contribution in [3.05, 3.63) is 82.6 Å². The van der Waals surface area contributed by atoms with Crippen molar-refractivity contribution in [2.24, 2.45) is 11.3 Å². The number of fused-ring (bicyclic) bond motifs is 6. The van der Waals surface area contributed by atoms with Gasteiger partial charge in [0.1, 0.15) is 11.2 Å². The standard InChI is InChI=1S/C46H57N5O7.ClH/c1-8-28-21-29-24-45(42(54)57-7,37-31(15-19-50(25-28)26-29)30-13-10-11-14-34(30)48-37)33-22-32-35(23-36(33)56-6)49(5)39-44(32)17-20-51-18-12-16-43(9-2,38(44)51)40(58-27(3)52)46(39,55)41(53)47-4;/h10-14,16,21-23,29,38-40,48,55H,8-9,15,17-20,24-26H2,1-7H3,(H,47,53);1H/t29-,38+,39-,40-,43-,44-,45+,46+;/m1./s1. The number of benzene rings is 2. The van der Waals surface area contributed by atoms with Gasteiger partial charge >= 0.3 is 11.9 Å². The summed E-state index contributed by atoms with van der Waals surface area (Å²) < 4.78 is 18.6. The van der Waals surface area contributed by atoms with E-state index in [0.717, 1.165) is 65.9 Å². The van der Waals surface area contributed by atoms with E-state index in [0.29, 0.717) is 43.7 Å². The van der Waals surface area contributed by atoms with Gasteiger partial charge in [-0.15, -0.1) is 12.4 Å². The van der Waals surface area contributed by atoms with Gasteiger partial charge in [0, 0.05) is 98.0 Å². The largest absolute Gasteiger partial charge is 0.496 e. The quantitative estimate of drug-likeness (QED) is 0.226. The number of hydrogen-bond acceptors (Lipinski definition) is 10. The zero-order chi connectivity index (χ0) is 40.9. The average Bonchev–Trinajstić information content (AvgIpc) is 3.89. The van der Waals surface area contributed by atoms with Crippen LogP contribution in [0.25, 0.3) is 10.9 Å². The van der Waals surface area contributed by atoms with Crippen molar-refractivity contribution < 1.29 is 33.7 Å². The molecule has 5 aliphatic heterocycles. The number of para-hydroxylation sites is 1. The SMILES string of the molecule is CCC1=C[C@H]2CN(CCc3c([nH]c4ccccc34)[C@@](C(=O)OC)(c3cc4c(cc3OC)N(C)[C@H]3[C@@](O)(C(=O)NC)[C@H](OC(C)=O)[C@]5(CC)C=CCN6CC[C@]43[C@@H]65)C2)C1.Cl. The van der Waals surface area contributed by atoms with Crippen LogP contribution in [-0.4, -0.2) is 123 Å². The first-order chi connectivity index (χ1) is 27.9. The fourth-order valence-electron chi connectivity index (χ4n) is 13.1. The van der Waals surface area contributed by atoms with Gasteiger partial charge in [-0.05, 0) is 67.8 Å². The topological polar surface area (TPSA) is 137 Å². The van der Waals surface area contributed by atoms with Crippen LogP contribution in [0.5, 0.6) is 5.75 Å². The van der Waals surface area contributed by atoms with Gasteiger partial charge in [-0.3, -0.25) is 24.2 Å². The lowest BCUT2D eigenvalue weighted by Gasteiger charge is -2.63. The number of aliphatic hydroxyl groups is 1. The highest BCUT2D eigenvalue weighted by Gasteiger charge is 2.80. The van der Waals surface area contributed by atoms with Crippen molar-refractivity contribution in [1.82, 2.24) is 20.1 Å². The van der Waals surface area contributed by atoms with Crippen LogP contribution in [0.1, 0.15) is 68.8 Å².